The van der Waals surface area contributed by atoms with Gasteiger partial charge in [-0.3, -0.25) is 9.52 Å². The molecule has 0 fully saturated rings. The quantitative estimate of drug-likeness (QED) is 0.395. The molecule has 8 nitrogen and oxygen atoms in total. The SMILES string of the molecule is Cc1cc(NS(=O)(=O)c2ccc(NC(=O)c3ccccc3OCc3ccccc3)cc2)no1. The lowest BCUT2D eigenvalue weighted by atomic mass is 10.1. The number of nitrogens with one attached hydrogen (secondary N) is 2. The summed E-state index contributed by atoms with van der Waals surface area (Å²) >= 11 is 0. The molecule has 9 heteroatoms. The molecule has 1 heterocycles. The second-order valence-electron chi connectivity index (χ2n) is 7.18. The van der Waals surface area contributed by atoms with Crippen molar-refractivity contribution in [2.75, 3.05) is 10.0 Å². The number of anilines is 2. The second-order valence-corrected chi connectivity index (χ2v) is 8.86. The monoisotopic (exact) mass is 463 g/mol. The van der Waals surface area contributed by atoms with Crippen LogP contribution in [0.5, 0.6) is 5.75 Å². The first kappa shape index (κ1) is 22.1. The van der Waals surface area contributed by atoms with Gasteiger partial charge in [0, 0.05) is 11.8 Å². The summed E-state index contributed by atoms with van der Waals surface area (Å²) < 4.78 is 38.1. The molecule has 0 aliphatic rings. The van der Waals surface area contributed by atoms with Crippen molar-refractivity contribution in [2.45, 2.75) is 18.4 Å². The zero-order valence-electron chi connectivity index (χ0n) is 17.7. The lowest BCUT2D eigenvalue weighted by molar-refractivity contribution is 0.102. The molecule has 0 aliphatic carbocycles. The van der Waals surface area contributed by atoms with Crippen molar-refractivity contribution in [1.82, 2.24) is 5.16 Å². The van der Waals surface area contributed by atoms with Crippen molar-refractivity contribution in [3.8, 4) is 5.75 Å². The minimum Gasteiger partial charge on any atom is -0.488 e. The van der Waals surface area contributed by atoms with Gasteiger partial charge in [0.05, 0.1) is 10.5 Å². The molecule has 0 saturated carbocycles. The number of nitrogens with zero attached hydrogens (tertiary/aromatic N) is 1. The largest absolute Gasteiger partial charge is 0.488 e. The highest BCUT2D eigenvalue weighted by Gasteiger charge is 2.17. The van der Waals surface area contributed by atoms with Crippen LogP contribution in [0.15, 0.2) is 94.3 Å². The first-order chi connectivity index (χ1) is 15.9. The number of aromatic nitrogens is 1. The molecule has 0 bridgehead atoms. The number of sulfonamides is 1. The van der Waals surface area contributed by atoms with Gasteiger partial charge >= 0.3 is 0 Å². The van der Waals surface area contributed by atoms with Crippen LogP contribution < -0.4 is 14.8 Å². The molecular weight excluding hydrogens is 442 g/mol. The van der Waals surface area contributed by atoms with Crippen LogP contribution >= 0.6 is 0 Å². The van der Waals surface area contributed by atoms with E-state index in [1.54, 1.807) is 31.2 Å². The average molecular weight is 464 g/mol. The third kappa shape index (κ3) is 5.58. The third-order valence-corrected chi connectivity index (χ3v) is 6.03. The van der Waals surface area contributed by atoms with Crippen LogP contribution in [0.25, 0.3) is 0 Å². The highest BCUT2D eigenvalue weighted by molar-refractivity contribution is 7.92. The van der Waals surface area contributed by atoms with Crippen LogP contribution in [0.2, 0.25) is 0 Å². The molecule has 168 valence electrons. The van der Waals surface area contributed by atoms with Crippen LogP contribution in [0, 0.1) is 6.92 Å². The minimum atomic E-state index is -3.84. The third-order valence-electron chi connectivity index (χ3n) is 4.66. The van der Waals surface area contributed by atoms with Gasteiger partial charge < -0.3 is 14.6 Å². The predicted octanol–water partition coefficient (Wildman–Crippen LogP) is 4.62. The van der Waals surface area contributed by atoms with Gasteiger partial charge in [0.1, 0.15) is 18.1 Å². The van der Waals surface area contributed by atoms with E-state index >= 15 is 0 Å². The van der Waals surface area contributed by atoms with E-state index in [9.17, 15) is 13.2 Å². The molecule has 33 heavy (non-hydrogen) atoms. The maximum absolute atomic E-state index is 12.8. The summed E-state index contributed by atoms with van der Waals surface area (Å²) in [6.45, 7) is 1.99. The molecule has 1 amide bonds. The van der Waals surface area contributed by atoms with Gasteiger partial charge in [-0.05, 0) is 48.9 Å². The molecule has 0 radical (unpaired) electrons. The summed E-state index contributed by atoms with van der Waals surface area (Å²) in [5.41, 5.74) is 1.79. The molecule has 0 spiro atoms. The molecule has 3 aromatic carbocycles. The summed E-state index contributed by atoms with van der Waals surface area (Å²) in [4.78, 5) is 12.9. The van der Waals surface area contributed by atoms with E-state index < -0.39 is 10.0 Å². The van der Waals surface area contributed by atoms with E-state index in [-0.39, 0.29) is 16.6 Å². The Balaban J connectivity index is 1.44. The van der Waals surface area contributed by atoms with E-state index in [1.807, 2.05) is 30.3 Å². The highest BCUT2D eigenvalue weighted by atomic mass is 32.2. The van der Waals surface area contributed by atoms with E-state index in [2.05, 4.69) is 15.2 Å². The normalized spacial score (nSPS) is 11.1. The number of benzene rings is 3. The topological polar surface area (TPSA) is 111 Å². The average Bonchev–Trinajstić information content (AvgIpc) is 3.22. The molecule has 0 unspecified atom stereocenters. The Morgan fingerprint density at radius 1 is 0.970 bits per heavy atom. The van der Waals surface area contributed by atoms with Crippen molar-refractivity contribution in [3.05, 3.63) is 102 Å². The summed E-state index contributed by atoms with van der Waals surface area (Å²) in [7, 11) is -3.84. The Labute approximate surface area is 191 Å². The van der Waals surface area contributed by atoms with E-state index in [0.717, 1.165) is 5.56 Å². The van der Waals surface area contributed by atoms with Gasteiger partial charge in [0.15, 0.2) is 5.82 Å². The van der Waals surface area contributed by atoms with E-state index in [4.69, 9.17) is 9.26 Å². The summed E-state index contributed by atoms with van der Waals surface area (Å²) in [5.74, 6) is 0.659. The fraction of sp³-hybridized carbons (Fsp3) is 0.0833. The highest BCUT2D eigenvalue weighted by Crippen LogP contribution is 2.22. The number of hydrogen-bond donors (Lipinski definition) is 2. The second kappa shape index (κ2) is 9.58. The van der Waals surface area contributed by atoms with Crippen LogP contribution in [-0.4, -0.2) is 19.5 Å². The molecule has 0 saturated heterocycles. The summed E-state index contributed by atoms with van der Waals surface area (Å²) in [6, 6.07) is 23.9. The van der Waals surface area contributed by atoms with Crippen LogP contribution in [0.4, 0.5) is 11.5 Å². The number of carbonyl (C=O) groups excluding carboxylic acids is 1. The molecule has 4 rings (SSSR count). The zero-order chi connectivity index (χ0) is 23.3. The smallest absolute Gasteiger partial charge is 0.263 e. The number of hydrogen-bond acceptors (Lipinski definition) is 6. The minimum absolute atomic E-state index is 0.0211. The van der Waals surface area contributed by atoms with Gasteiger partial charge in [-0.2, -0.15) is 0 Å². The zero-order valence-corrected chi connectivity index (χ0v) is 18.5. The molecule has 0 aliphatic heterocycles. The number of carbonyl (C=O) groups is 1. The first-order valence-corrected chi connectivity index (χ1v) is 11.5. The Morgan fingerprint density at radius 2 is 1.67 bits per heavy atom. The number of amides is 1. The van der Waals surface area contributed by atoms with Crippen molar-refractivity contribution < 1.29 is 22.5 Å². The van der Waals surface area contributed by atoms with E-state index in [0.29, 0.717) is 29.4 Å². The Morgan fingerprint density at radius 3 is 2.36 bits per heavy atom. The lowest BCUT2D eigenvalue weighted by Gasteiger charge is -2.12. The van der Waals surface area contributed by atoms with Crippen LogP contribution in [0.3, 0.4) is 0 Å². The van der Waals surface area contributed by atoms with Gasteiger partial charge in [-0.1, -0.05) is 47.6 Å². The van der Waals surface area contributed by atoms with Gasteiger partial charge in [0.2, 0.25) is 0 Å². The molecule has 2 N–H and O–H groups in total. The Kier molecular flexibility index (Phi) is 6.41. The number of aryl methyl sites for hydroxylation is 1. The molecule has 0 atom stereocenters. The van der Waals surface area contributed by atoms with Gasteiger partial charge in [0.25, 0.3) is 15.9 Å². The Hall–Kier alpha value is -4.11. The van der Waals surface area contributed by atoms with Crippen molar-refractivity contribution >= 4 is 27.4 Å². The summed E-state index contributed by atoms with van der Waals surface area (Å²) in [6.07, 6.45) is 0. The molecular formula is C24H21N3O5S. The van der Waals surface area contributed by atoms with Gasteiger partial charge in [-0.25, -0.2) is 8.42 Å². The maximum Gasteiger partial charge on any atom is 0.263 e. The van der Waals surface area contributed by atoms with Crippen molar-refractivity contribution in [1.29, 1.82) is 0 Å². The maximum atomic E-state index is 12.8. The van der Waals surface area contributed by atoms with Crippen molar-refractivity contribution in [2.24, 2.45) is 0 Å². The van der Waals surface area contributed by atoms with Crippen molar-refractivity contribution in [3.63, 3.8) is 0 Å². The number of rotatable bonds is 8. The summed E-state index contributed by atoms with van der Waals surface area (Å²) in [5, 5.41) is 6.39. The first-order valence-electron chi connectivity index (χ1n) is 10.0. The predicted molar refractivity (Wildman–Crippen MR) is 124 cm³/mol. The van der Waals surface area contributed by atoms with Gasteiger partial charge in [-0.15, -0.1) is 0 Å². The number of ether oxygens (including phenoxy) is 1. The molecule has 1 aromatic heterocycles. The fourth-order valence-corrected chi connectivity index (χ4v) is 4.03. The standard InChI is InChI=1S/C24H21N3O5S/c1-17-15-23(26-32-17)27-33(29,30)20-13-11-19(12-14-20)25-24(28)21-9-5-6-10-22(21)31-16-18-7-3-2-4-8-18/h2-15H,16H2,1H3,(H,25,28)(H,26,27). The Bertz CT molecular complexity index is 1350. The van der Waals surface area contributed by atoms with Crippen LogP contribution in [0.1, 0.15) is 21.7 Å². The fourth-order valence-electron chi connectivity index (χ4n) is 3.04. The molecule has 4 aromatic rings. The van der Waals surface area contributed by atoms with E-state index in [1.165, 1.54) is 30.3 Å². The lowest BCUT2D eigenvalue weighted by Crippen LogP contribution is -2.15. The number of para-hydroxylation sites is 1. The van der Waals surface area contributed by atoms with Crippen LogP contribution in [-0.2, 0) is 16.6 Å².